The standard InChI is InChI=1S/C19H18O3/c20-18(15-9-5-2-6-10-15)19-16(11-12-21-19)17(22-19)13-14-7-3-1-4-8-14/h1-12,16-18,20H,13H2. The Kier molecular flexibility index (Phi) is 3.25. The van der Waals surface area contributed by atoms with E-state index in [4.69, 9.17) is 9.47 Å². The fourth-order valence-electron chi connectivity index (χ4n) is 3.36. The number of fused-ring (bicyclic) bond motifs is 1. The SMILES string of the molecule is OC(c1ccccc1)C12OC=CC1C(Cc1ccccc1)O2. The van der Waals surface area contributed by atoms with Crippen LogP contribution in [0.25, 0.3) is 0 Å². The van der Waals surface area contributed by atoms with Gasteiger partial charge in [0.05, 0.1) is 18.3 Å². The van der Waals surface area contributed by atoms with E-state index in [2.05, 4.69) is 12.1 Å². The van der Waals surface area contributed by atoms with Crippen LogP contribution in [0.2, 0.25) is 0 Å². The molecular weight excluding hydrogens is 276 g/mol. The molecule has 3 heteroatoms. The summed E-state index contributed by atoms with van der Waals surface area (Å²) in [6, 6.07) is 19.8. The lowest BCUT2D eigenvalue weighted by molar-refractivity contribution is -0.376. The molecular formula is C19H18O3. The summed E-state index contributed by atoms with van der Waals surface area (Å²) in [4.78, 5) is 0. The topological polar surface area (TPSA) is 38.7 Å². The maximum absolute atomic E-state index is 10.7. The third kappa shape index (κ3) is 2.05. The zero-order chi connectivity index (χ0) is 15.0. The molecule has 0 saturated carbocycles. The summed E-state index contributed by atoms with van der Waals surface area (Å²) < 4.78 is 11.7. The highest BCUT2D eigenvalue weighted by Gasteiger charge is 2.63. The fraction of sp³-hybridized carbons (Fsp3) is 0.263. The predicted octanol–water partition coefficient (Wildman–Crippen LogP) is 3.22. The van der Waals surface area contributed by atoms with Crippen molar-refractivity contribution in [3.05, 3.63) is 84.1 Å². The molecule has 2 aliphatic heterocycles. The van der Waals surface area contributed by atoms with Gasteiger partial charge in [-0.1, -0.05) is 60.7 Å². The zero-order valence-corrected chi connectivity index (χ0v) is 12.1. The lowest BCUT2D eigenvalue weighted by Gasteiger charge is -2.51. The molecule has 2 aromatic carbocycles. The molecule has 0 bridgehead atoms. The number of ether oxygens (including phenoxy) is 2. The van der Waals surface area contributed by atoms with E-state index in [0.29, 0.717) is 0 Å². The van der Waals surface area contributed by atoms with E-state index in [9.17, 15) is 5.11 Å². The average molecular weight is 294 g/mol. The molecule has 0 amide bonds. The fourth-order valence-corrected chi connectivity index (χ4v) is 3.36. The van der Waals surface area contributed by atoms with Crippen molar-refractivity contribution in [2.75, 3.05) is 0 Å². The van der Waals surface area contributed by atoms with Crippen molar-refractivity contribution < 1.29 is 14.6 Å². The van der Waals surface area contributed by atoms with Gasteiger partial charge in [-0.25, -0.2) is 0 Å². The molecule has 4 unspecified atom stereocenters. The highest BCUT2D eigenvalue weighted by atomic mass is 16.7. The Balaban J connectivity index is 1.53. The summed E-state index contributed by atoms with van der Waals surface area (Å²) in [6.45, 7) is 0. The minimum absolute atomic E-state index is 0.0412. The largest absolute Gasteiger partial charge is 0.466 e. The van der Waals surface area contributed by atoms with Gasteiger partial charge in [-0.05, 0) is 23.6 Å². The van der Waals surface area contributed by atoms with E-state index in [1.165, 1.54) is 5.56 Å². The second-order valence-electron chi connectivity index (χ2n) is 5.85. The molecule has 3 nitrogen and oxygen atoms in total. The Morgan fingerprint density at radius 1 is 1.00 bits per heavy atom. The van der Waals surface area contributed by atoms with Crippen LogP contribution in [0.3, 0.4) is 0 Å². The minimum Gasteiger partial charge on any atom is -0.466 e. The first kappa shape index (κ1) is 13.6. The zero-order valence-electron chi connectivity index (χ0n) is 12.1. The molecule has 0 radical (unpaired) electrons. The van der Waals surface area contributed by atoms with Gasteiger partial charge in [-0.2, -0.15) is 0 Å². The smallest absolute Gasteiger partial charge is 0.249 e. The summed E-state index contributed by atoms with van der Waals surface area (Å²) in [5.74, 6) is -0.885. The van der Waals surface area contributed by atoms with E-state index < -0.39 is 11.9 Å². The molecule has 0 aromatic heterocycles. The molecule has 22 heavy (non-hydrogen) atoms. The van der Waals surface area contributed by atoms with Crippen molar-refractivity contribution in [2.24, 2.45) is 5.92 Å². The molecule has 112 valence electrons. The van der Waals surface area contributed by atoms with Crippen LogP contribution in [0.4, 0.5) is 0 Å². The summed E-state index contributed by atoms with van der Waals surface area (Å²) in [7, 11) is 0. The predicted molar refractivity (Wildman–Crippen MR) is 82.9 cm³/mol. The van der Waals surface area contributed by atoms with Gasteiger partial charge in [0.1, 0.15) is 6.10 Å². The molecule has 2 aromatic rings. The van der Waals surface area contributed by atoms with Crippen LogP contribution in [0.1, 0.15) is 17.2 Å². The van der Waals surface area contributed by atoms with Crippen molar-refractivity contribution in [3.63, 3.8) is 0 Å². The van der Waals surface area contributed by atoms with Gasteiger partial charge in [0.2, 0.25) is 5.79 Å². The van der Waals surface area contributed by atoms with Crippen LogP contribution >= 0.6 is 0 Å². The highest BCUT2D eigenvalue weighted by Crippen LogP contribution is 2.52. The van der Waals surface area contributed by atoms with E-state index in [1.54, 1.807) is 6.26 Å². The van der Waals surface area contributed by atoms with Crippen molar-refractivity contribution in [3.8, 4) is 0 Å². The van der Waals surface area contributed by atoms with E-state index in [1.807, 2.05) is 54.6 Å². The lowest BCUT2D eigenvalue weighted by Crippen LogP contribution is -2.62. The third-order valence-corrected chi connectivity index (χ3v) is 4.52. The lowest BCUT2D eigenvalue weighted by atomic mass is 9.79. The van der Waals surface area contributed by atoms with Gasteiger partial charge in [-0.15, -0.1) is 0 Å². The van der Waals surface area contributed by atoms with Gasteiger partial charge in [0.25, 0.3) is 0 Å². The Hall–Kier alpha value is -2.10. The Morgan fingerprint density at radius 2 is 1.68 bits per heavy atom. The van der Waals surface area contributed by atoms with Crippen molar-refractivity contribution in [1.29, 1.82) is 0 Å². The molecule has 0 spiro atoms. The van der Waals surface area contributed by atoms with Crippen LogP contribution in [0.15, 0.2) is 73.0 Å². The van der Waals surface area contributed by atoms with Crippen LogP contribution in [-0.4, -0.2) is 17.0 Å². The Bertz CT molecular complexity index is 668. The van der Waals surface area contributed by atoms with Crippen LogP contribution in [0.5, 0.6) is 0 Å². The summed E-state index contributed by atoms with van der Waals surface area (Å²) in [5, 5.41) is 10.7. The summed E-state index contributed by atoms with van der Waals surface area (Å²) >= 11 is 0. The molecule has 1 N–H and O–H groups in total. The number of hydrogen-bond acceptors (Lipinski definition) is 3. The van der Waals surface area contributed by atoms with Crippen molar-refractivity contribution >= 4 is 0 Å². The van der Waals surface area contributed by atoms with Crippen LogP contribution in [0, 0.1) is 5.92 Å². The van der Waals surface area contributed by atoms with E-state index in [-0.39, 0.29) is 12.0 Å². The quantitative estimate of drug-likeness (QED) is 0.941. The Morgan fingerprint density at radius 3 is 2.41 bits per heavy atom. The van der Waals surface area contributed by atoms with E-state index in [0.717, 1.165) is 12.0 Å². The van der Waals surface area contributed by atoms with Gasteiger partial charge in [-0.3, -0.25) is 0 Å². The van der Waals surface area contributed by atoms with Crippen molar-refractivity contribution in [1.82, 2.24) is 0 Å². The van der Waals surface area contributed by atoms with Crippen molar-refractivity contribution in [2.45, 2.75) is 24.4 Å². The summed E-state index contributed by atoms with van der Waals surface area (Å²) in [5.41, 5.74) is 2.05. The maximum atomic E-state index is 10.7. The van der Waals surface area contributed by atoms with Crippen LogP contribution in [-0.2, 0) is 15.9 Å². The number of aliphatic hydroxyl groups excluding tert-OH is 1. The third-order valence-electron chi connectivity index (χ3n) is 4.52. The van der Waals surface area contributed by atoms with Gasteiger partial charge in [0, 0.05) is 0 Å². The van der Waals surface area contributed by atoms with Gasteiger partial charge < -0.3 is 14.6 Å². The molecule has 4 atom stereocenters. The van der Waals surface area contributed by atoms with E-state index >= 15 is 0 Å². The minimum atomic E-state index is -0.958. The summed E-state index contributed by atoms with van der Waals surface area (Å²) in [6.07, 6.45) is 3.73. The molecule has 2 aliphatic rings. The van der Waals surface area contributed by atoms with Gasteiger partial charge >= 0.3 is 0 Å². The Labute approximate surface area is 129 Å². The first-order valence-corrected chi connectivity index (χ1v) is 7.59. The number of aliphatic hydroxyl groups is 1. The first-order valence-electron chi connectivity index (χ1n) is 7.59. The second kappa shape index (κ2) is 5.27. The molecule has 1 fully saturated rings. The maximum Gasteiger partial charge on any atom is 0.249 e. The monoisotopic (exact) mass is 294 g/mol. The number of hydrogen-bond donors (Lipinski definition) is 1. The van der Waals surface area contributed by atoms with Gasteiger partial charge in [0.15, 0.2) is 0 Å². The highest BCUT2D eigenvalue weighted by molar-refractivity contribution is 5.26. The average Bonchev–Trinajstić information content (AvgIpc) is 2.91. The molecule has 1 saturated heterocycles. The normalized spacial score (nSPS) is 30.2. The number of benzene rings is 2. The first-order chi connectivity index (χ1) is 10.8. The molecule has 0 aliphatic carbocycles. The molecule has 2 heterocycles. The van der Waals surface area contributed by atoms with Crippen LogP contribution < -0.4 is 0 Å². The molecule has 4 rings (SSSR count). The second-order valence-corrected chi connectivity index (χ2v) is 5.85. The number of rotatable bonds is 4.